The SMILES string of the molecule is CCN(CC(=O)Nc1sc2c(c1C#N)CC[C@@H](C)C2)Cc1nc2ccccc2c(=O)[nH]1. The highest BCUT2D eigenvalue weighted by molar-refractivity contribution is 7.16. The molecule has 2 heterocycles. The molecule has 1 atom stereocenters. The number of amides is 1. The summed E-state index contributed by atoms with van der Waals surface area (Å²) >= 11 is 1.53. The molecule has 7 nitrogen and oxygen atoms in total. The van der Waals surface area contributed by atoms with Crippen molar-refractivity contribution in [3.63, 3.8) is 0 Å². The second-order valence-electron chi connectivity index (χ2n) is 8.05. The predicted molar refractivity (Wildman–Crippen MR) is 122 cm³/mol. The maximum Gasteiger partial charge on any atom is 0.258 e. The molecule has 2 aromatic heterocycles. The fraction of sp³-hybridized carbons (Fsp3) is 0.391. The molecule has 3 aromatic rings. The van der Waals surface area contributed by atoms with Crippen molar-refractivity contribution in [1.82, 2.24) is 14.9 Å². The van der Waals surface area contributed by atoms with Crippen molar-refractivity contribution in [2.75, 3.05) is 18.4 Å². The number of aromatic nitrogens is 2. The number of carbonyl (C=O) groups is 1. The van der Waals surface area contributed by atoms with Crippen molar-refractivity contribution in [1.29, 1.82) is 5.26 Å². The number of nitrogens with one attached hydrogen (secondary N) is 2. The molecule has 2 N–H and O–H groups in total. The first-order valence-electron chi connectivity index (χ1n) is 10.5. The van der Waals surface area contributed by atoms with Crippen LogP contribution in [0.2, 0.25) is 0 Å². The zero-order valence-corrected chi connectivity index (χ0v) is 18.5. The molecule has 0 unspecified atom stereocenters. The quantitative estimate of drug-likeness (QED) is 0.618. The van der Waals surface area contributed by atoms with Gasteiger partial charge in [-0.15, -0.1) is 11.3 Å². The first-order chi connectivity index (χ1) is 15.0. The van der Waals surface area contributed by atoms with Gasteiger partial charge in [0.05, 0.1) is 29.6 Å². The lowest BCUT2D eigenvalue weighted by atomic mass is 9.89. The minimum Gasteiger partial charge on any atom is -0.315 e. The molecule has 0 saturated carbocycles. The number of carbonyl (C=O) groups excluding carboxylic acids is 1. The molecule has 1 amide bonds. The van der Waals surface area contributed by atoms with Crippen LogP contribution in [0.4, 0.5) is 5.00 Å². The Morgan fingerprint density at radius 3 is 3.00 bits per heavy atom. The van der Waals surface area contributed by atoms with Gasteiger partial charge in [-0.05, 0) is 49.4 Å². The van der Waals surface area contributed by atoms with E-state index in [0.29, 0.717) is 46.3 Å². The molecule has 0 saturated heterocycles. The Labute approximate surface area is 184 Å². The van der Waals surface area contributed by atoms with Crippen LogP contribution in [0.3, 0.4) is 0 Å². The lowest BCUT2D eigenvalue weighted by Crippen LogP contribution is -2.33. The van der Waals surface area contributed by atoms with Crippen molar-refractivity contribution in [2.45, 2.75) is 39.7 Å². The van der Waals surface area contributed by atoms with Gasteiger partial charge in [-0.3, -0.25) is 14.5 Å². The number of thiophene rings is 1. The van der Waals surface area contributed by atoms with Gasteiger partial charge in [0.25, 0.3) is 5.56 Å². The summed E-state index contributed by atoms with van der Waals surface area (Å²) in [5.41, 5.74) is 2.17. The van der Waals surface area contributed by atoms with E-state index in [1.54, 1.807) is 18.2 Å². The highest BCUT2D eigenvalue weighted by atomic mass is 32.1. The summed E-state index contributed by atoms with van der Waals surface area (Å²) in [5, 5.41) is 13.8. The summed E-state index contributed by atoms with van der Waals surface area (Å²) < 4.78 is 0. The average Bonchev–Trinajstić information content (AvgIpc) is 3.08. The number of anilines is 1. The topological polar surface area (TPSA) is 102 Å². The Bertz CT molecular complexity index is 1220. The standard InChI is InChI=1S/C23H25N5O2S/c1-3-28(12-20-25-18-7-5-4-6-16(18)22(30)26-20)13-21(29)27-23-17(11-24)15-9-8-14(2)10-19(15)31-23/h4-7,14H,3,8-10,12-13H2,1-2H3,(H,27,29)(H,25,26,30)/t14-/m1/s1. The van der Waals surface area contributed by atoms with Gasteiger partial charge in [0, 0.05) is 4.88 Å². The van der Waals surface area contributed by atoms with E-state index in [1.165, 1.54) is 16.2 Å². The van der Waals surface area contributed by atoms with Crippen LogP contribution in [0.15, 0.2) is 29.1 Å². The van der Waals surface area contributed by atoms with Gasteiger partial charge in [0.1, 0.15) is 16.9 Å². The summed E-state index contributed by atoms with van der Waals surface area (Å²) in [6.07, 6.45) is 2.94. The first kappa shape index (κ1) is 21.2. The van der Waals surface area contributed by atoms with Gasteiger partial charge in [-0.25, -0.2) is 4.98 Å². The highest BCUT2D eigenvalue weighted by Crippen LogP contribution is 2.39. The van der Waals surface area contributed by atoms with Gasteiger partial charge in [0.15, 0.2) is 0 Å². The van der Waals surface area contributed by atoms with E-state index in [4.69, 9.17) is 0 Å². The van der Waals surface area contributed by atoms with Crippen LogP contribution in [0.5, 0.6) is 0 Å². The number of fused-ring (bicyclic) bond motifs is 2. The fourth-order valence-corrected chi connectivity index (χ4v) is 5.40. The number of nitriles is 1. The normalized spacial score (nSPS) is 15.6. The molecule has 8 heteroatoms. The van der Waals surface area contributed by atoms with E-state index in [0.717, 1.165) is 24.8 Å². The van der Waals surface area contributed by atoms with Crippen molar-refractivity contribution < 1.29 is 4.79 Å². The summed E-state index contributed by atoms with van der Waals surface area (Å²) in [6.45, 7) is 5.30. The predicted octanol–water partition coefficient (Wildman–Crippen LogP) is 3.44. The Morgan fingerprint density at radius 2 is 2.23 bits per heavy atom. The van der Waals surface area contributed by atoms with Crippen LogP contribution in [-0.2, 0) is 24.2 Å². The largest absolute Gasteiger partial charge is 0.315 e. The number of benzene rings is 1. The Balaban J connectivity index is 1.47. The van der Waals surface area contributed by atoms with Gasteiger partial charge < -0.3 is 10.3 Å². The number of likely N-dealkylation sites (N-methyl/N-ethyl adjacent to an activating group) is 1. The zero-order valence-electron chi connectivity index (χ0n) is 17.7. The summed E-state index contributed by atoms with van der Waals surface area (Å²) in [6, 6.07) is 9.48. The van der Waals surface area contributed by atoms with Crippen LogP contribution >= 0.6 is 11.3 Å². The Hall–Kier alpha value is -3.02. The minimum atomic E-state index is -0.182. The maximum absolute atomic E-state index is 12.7. The molecule has 0 bridgehead atoms. The van der Waals surface area contributed by atoms with Crippen LogP contribution in [0, 0.1) is 17.2 Å². The van der Waals surface area contributed by atoms with E-state index < -0.39 is 0 Å². The van der Waals surface area contributed by atoms with Gasteiger partial charge >= 0.3 is 0 Å². The fourth-order valence-electron chi connectivity index (χ4n) is 4.03. The molecular formula is C23H25N5O2S. The molecule has 4 rings (SSSR count). The zero-order chi connectivity index (χ0) is 22.0. The van der Waals surface area contributed by atoms with Gasteiger partial charge in [0.2, 0.25) is 5.91 Å². The molecule has 0 radical (unpaired) electrons. The third-order valence-electron chi connectivity index (χ3n) is 5.73. The van der Waals surface area contributed by atoms with E-state index >= 15 is 0 Å². The third-order valence-corrected chi connectivity index (χ3v) is 6.90. The summed E-state index contributed by atoms with van der Waals surface area (Å²) in [4.78, 5) is 35.5. The Morgan fingerprint density at radius 1 is 1.42 bits per heavy atom. The van der Waals surface area contributed by atoms with Gasteiger partial charge in [-0.1, -0.05) is 26.0 Å². The minimum absolute atomic E-state index is 0.150. The van der Waals surface area contributed by atoms with Crippen LogP contribution in [-0.4, -0.2) is 33.9 Å². The van der Waals surface area contributed by atoms with Crippen molar-refractivity contribution in [2.24, 2.45) is 5.92 Å². The van der Waals surface area contributed by atoms with E-state index in [-0.39, 0.29) is 18.0 Å². The molecule has 31 heavy (non-hydrogen) atoms. The number of H-pyrrole nitrogens is 1. The molecule has 160 valence electrons. The van der Waals surface area contributed by atoms with Crippen LogP contribution in [0.1, 0.15) is 42.1 Å². The monoisotopic (exact) mass is 435 g/mol. The Kier molecular flexibility index (Phi) is 6.16. The molecule has 1 aliphatic rings. The lowest BCUT2D eigenvalue weighted by Gasteiger charge is -2.19. The number of aromatic amines is 1. The highest BCUT2D eigenvalue weighted by Gasteiger charge is 2.25. The average molecular weight is 436 g/mol. The van der Waals surface area contributed by atoms with E-state index in [1.807, 2.05) is 17.9 Å². The van der Waals surface area contributed by atoms with E-state index in [9.17, 15) is 14.9 Å². The first-order valence-corrected chi connectivity index (χ1v) is 11.3. The third kappa shape index (κ3) is 4.53. The molecular weight excluding hydrogens is 410 g/mol. The van der Waals surface area contributed by atoms with Crippen LogP contribution in [0.25, 0.3) is 10.9 Å². The number of nitrogens with zero attached hydrogens (tertiary/aromatic N) is 3. The number of hydrogen-bond donors (Lipinski definition) is 2. The number of rotatable bonds is 6. The maximum atomic E-state index is 12.7. The van der Waals surface area contributed by atoms with Crippen molar-refractivity contribution >= 4 is 33.1 Å². The molecule has 1 aliphatic carbocycles. The second-order valence-corrected chi connectivity index (χ2v) is 9.15. The van der Waals surface area contributed by atoms with Crippen molar-refractivity contribution in [3.05, 3.63) is 56.4 Å². The summed E-state index contributed by atoms with van der Waals surface area (Å²) in [7, 11) is 0. The molecule has 0 fully saturated rings. The molecule has 1 aromatic carbocycles. The molecule has 0 aliphatic heterocycles. The molecule has 0 spiro atoms. The van der Waals surface area contributed by atoms with Crippen molar-refractivity contribution in [3.8, 4) is 6.07 Å². The number of para-hydroxylation sites is 1. The van der Waals surface area contributed by atoms with Gasteiger partial charge in [-0.2, -0.15) is 5.26 Å². The summed E-state index contributed by atoms with van der Waals surface area (Å²) in [5.74, 6) is 0.957. The second kappa shape index (κ2) is 9.00. The van der Waals surface area contributed by atoms with Crippen LogP contribution < -0.4 is 10.9 Å². The van der Waals surface area contributed by atoms with E-state index in [2.05, 4.69) is 28.3 Å². The number of hydrogen-bond acceptors (Lipinski definition) is 6. The lowest BCUT2D eigenvalue weighted by molar-refractivity contribution is -0.117. The smallest absolute Gasteiger partial charge is 0.258 e.